The number of nitrogens with one attached hydrogen (secondary N) is 1. The molecule has 2 fully saturated rings. The molecule has 0 saturated carbocycles. The molecule has 2 aliphatic heterocycles. The Kier molecular flexibility index (Phi) is 8.84. The van der Waals surface area contributed by atoms with Gasteiger partial charge in [-0.2, -0.15) is 4.98 Å². The monoisotopic (exact) mass is 719 g/mol. The highest BCUT2D eigenvalue weighted by molar-refractivity contribution is 7.47. The van der Waals surface area contributed by atoms with Crippen LogP contribution < -0.4 is 17.0 Å². The van der Waals surface area contributed by atoms with E-state index in [1.807, 2.05) is 0 Å². The lowest BCUT2D eigenvalue weighted by molar-refractivity contribution is -0.115. The van der Waals surface area contributed by atoms with Crippen molar-refractivity contribution in [1.82, 2.24) is 39.0 Å². The molecule has 8 N–H and O–H groups in total. The van der Waals surface area contributed by atoms with Crippen LogP contribution in [0, 0.1) is 0 Å². The van der Waals surface area contributed by atoms with Gasteiger partial charge < -0.3 is 35.7 Å². The summed E-state index contributed by atoms with van der Waals surface area (Å²) >= 11 is 0. The van der Waals surface area contributed by atoms with Crippen molar-refractivity contribution in [3.63, 3.8) is 0 Å². The number of aromatic amines is 1. The number of rotatable bonds is 11. The number of methoxy groups -OCH3 is 1. The largest absolute Gasteiger partial charge is 0.695 e. The minimum atomic E-state index is -5.29. The molecular weight excluding hydrogens is 689 g/mol. The predicted octanol–water partition coefficient (Wildman–Crippen LogP) is -0.419. The van der Waals surface area contributed by atoms with Crippen LogP contribution in [0.3, 0.4) is 0 Å². The second-order valence-corrected chi connectivity index (χ2v) is 13.4. The van der Waals surface area contributed by atoms with E-state index in [0.29, 0.717) is 0 Å². The first-order valence-corrected chi connectivity index (χ1v) is 16.5. The van der Waals surface area contributed by atoms with Crippen molar-refractivity contribution in [2.45, 2.75) is 62.0 Å². The number of imidazole rings is 2. The molecule has 6 heterocycles. The Labute approximate surface area is 268 Å². The van der Waals surface area contributed by atoms with Crippen LogP contribution >= 0.6 is 16.1 Å². The number of ether oxygens (including phenoxy) is 3. The van der Waals surface area contributed by atoms with Crippen molar-refractivity contribution in [2.75, 3.05) is 31.8 Å². The molecule has 48 heavy (non-hydrogen) atoms. The van der Waals surface area contributed by atoms with Gasteiger partial charge in [0.05, 0.1) is 25.9 Å². The third-order valence-corrected chi connectivity index (χ3v) is 9.43. The van der Waals surface area contributed by atoms with Crippen LogP contribution in [-0.2, 0) is 36.9 Å². The number of aromatic nitrogens is 8. The number of nitrogens with zero attached hydrogens (tertiary/aromatic N) is 7. The molecule has 0 aliphatic carbocycles. The van der Waals surface area contributed by atoms with Crippen LogP contribution in [0.25, 0.3) is 22.3 Å². The van der Waals surface area contributed by atoms with Crippen molar-refractivity contribution >= 4 is 50.2 Å². The number of phosphoric acid groups is 1. The number of aliphatic hydroxyl groups is 1. The predicted molar refractivity (Wildman–Crippen MR) is 157 cm³/mol. The standard InChI is InChI=1S/C23H29FN10O12P2/c1-22(4-35)13(24)11(19(43-22)34-8-30-10-17(34)31-21(26)32-18(10)36)46-48(39,40)42-5-23(2)14(45-47(37)38)12(41-3)20(44-23)33-7-29-9-15(25)27-6-28-16(9)33/h6-8,11-14,19-20,35H,4-5H2,1-3H3,(H6-,25,26,27,28,31,32,36,37,38,39,40)/p+1. The number of halogens is 1. The third-order valence-electron chi connectivity index (χ3n) is 8.06. The number of aliphatic hydroxyl groups excluding tert-OH is 1. The van der Waals surface area contributed by atoms with Crippen LogP contribution in [0.5, 0.6) is 0 Å². The number of anilines is 2. The highest BCUT2D eigenvalue weighted by Crippen LogP contribution is 2.54. The number of phosphoric ester groups is 1. The van der Waals surface area contributed by atoms with Crippen LogP contribution in [0.15, 0.2) is 23.8 Å². The summed E-state index contributed by atoms with van der Waals surface area (Å²) in [4.78, 5) is 55.3. The number of H-pyrrole nitrogens is 1. The van der Waals surface area contributed by atoms with Crippen LogP contribution in [0.1, 0.15) is 26.3 Å². The Morgan fingerprint density at radius 1 is 1.08 bits per heavy atom. The van der Waals surface area contributed by atoms with Gasteiger partial charge in [0.1, 0.15) is 35.3 Å². The third kappa shape index (κ3) is 5.86. The number of nitrogen functional groups attached to an aromatic ring is 2. The average molecular weight is 719 g/mol. The topological polar surface area (TPSA) is 309 Å². The van der Waals surface area contributed by atoms with E-state index in [1.165, 1.54) is 38.2 Å². The van der Waals surface area contributed by atoms with Gasteiger partial charge in [-0.25, -0.2) is 28.9 Å². The molecule has 22 nitrogen and oxygen atoms in total. The van der Waals surface area contributed by atoms with Gasteiger partial charge in [-0.3, -0.25) is 28.0 Å². The first-order valence-electron chi connectivity index (χ1n) is 13.9. The van der Waals surface area contributed by atoms with E-state index in [-0.39, 0.29) is 34.1 Å². The Hall–Kier alpha value is -3.60. The van der Waals surface area contributed by atoms with Gasteiger partial charge >= 0.3 is 16.1 Å². The molecule has 4 aromatic rings. The highest BCUT2D eigenvalue weighted by Gasteiger charge is 2.61. The minimum absolute atomic E-state index is 0.0637. The summed E-state index contributed by atoms with van der Waals surface area (Å²) in [5.74, 6) is -0.241. The summed E-state index contributed by atoms with van der Waals surface area (Å²) < 4.78 is 76.9. The Balaban J connectivity index is 1.28. The van der Waals surface area contributed by atoms with Gasteiger partial charge in [0.25, 0.3) is 5.56 Å². The molecular formula is C23H30FN10O12P2+. The molecule has 260 valence electrons. The normalized spacial score (nSPS) is 32.3. The van der Waals surface area contributed by atoms with E-state index in [4.69, 9.17) is 39.2 Å². The quantitative estimate of drug-likeness (QED) is 0.107. The average Bonchev–Trinajstić information content (AvgIpc) is 3.76. The second-order valence-electron chi connectivity index (χ2n) is 11.3. The summed E-state index contributed by atoms with van der Waals surface area (Å²) in [7, 11) is -7.29. The zero-order chi connectivity index (χ0) is 34.8. The zero-order valence-corrected chi connectivity index (χ0v) is 27.0. The van der Waals surface area contributed by atoms with Crippen LogP contribution in [0.2, 0.25) is 0 Å². The fourth-order valence-electron chi connectivity index (χ4n) is 5.67. The van der Waals surface area contributed by atoms with Crippen molar-refractivity contribution in [3.05, 3.63) is 29.3 Å². The molecule has 0 amide bonds. The van der Waals surface area contributed by atoms with E-state index in [0.717, 1.165) is 10.9 Å². The maximum absolute atomic E-state index is 15.9. The Bertz CT molecular complexity index is 1980. The number of fused-ring (bicyclic) bond motifs is 2. The lowest BCUT2D eigenvalue weighted by Crippen LogP contribution is -2.45. The lowest BCUT2D eigenvalue weighted by atomic mass is 9.98. The van der Waals surface area contributed by atoms with Crippen molar-refractivity contribution < 1.29 is 56.2 Å². The summed E-state index contributed by atoms with van der Waals surface area (Å²) in [6, 6.07) is 0. The van der Waals surface area contributed by atoms with Crippen LogP contribution in [-0.4, -0.2) is 110 Å². The molecule has 25 heteroatoms. The van der Waals surface area contributed by atoms with Crippen molar-refractivity contribution in [1.29, 1.82) is 0 Å². The van der Waals surface area contributed by atoms with Gasteiger partial charge in [0, 0.05) is 11.7 Å². The molecule has 4 aromatic heterocycles. The van der Waals surface area contributed by atoms with E-state index < -0.39 is 83.0 Å². The molecule has 0 radical (unpaired) electrons. The zero-order valence-electron chi connectivity index (χ0n) is 25.2. The molecule has 10 atom stereocenters. The summed E-state index contributed by atoms with van der Waals surface area (Å²) in [6.07, 6.45) is -5.98. The lowest BCUT2D eigenvalue weighted by Gasteiger charge is -2.29. The molecule has 2 saturated heterocycles. The number of alkyl halides is 1. The van der Waals surface area contributed by atoms with Gasteiger partial charge in [0.2, 0.25) is 5.95 Å². The van der Waals surface area contributed by atoms with E-state index in [9.17, 15) is 28.8 Å². The molecule has 0 bridgehead atoms. The SMILES string of the molecule is COC1C(n2cnc3c(N)ncnc32)OC(C)(COP(=O)(O)OC2C(n3cnc4c(=O)[nH]c(N)nc43)OC(C)(CO)C2F)C1O[P+](=O)O. The van der Waals surface area contributed by atoms with E-state index >= 15 is 4.39 Å². The molecule has 6 rings (SSSR count). The van der Waals surface area contributed by atoms with E-state index in [2.05, 4.69) is 29.9 Å². The first-order chi connectivity index (χ1) is 22.6. The van der Waals surface area contributed by atoms with Crippen molar-refractivity contribution in [3.8, 4) is 0 Å². The van der Waals surface area contributed by atoms with Gasteiger partial charge in [-0.15, -0.1) is 9.42 Å². The van der Waals surface area contributed by atoms with Crippen LogP contribution in [0.4, 0.5) is 16.2 Å². The van der Waals surface area contributed by atoms with E-state index in [1.54, 1.807) is 0 Å². The Morgan fingerprint density at radius 2 is 1.73 bits per heavy atom. The Morgan fingerprint density at radius 3 is 2.40 bits per heavy atom. The summed E-state index contributed by atoms with van der Waals surface area (Å²) in [6.45, 7) is 0.814. The molecule has 0 aromatic carbocycles. The van der Waals surface area contributed by atoms with Gasteiger partial charge in [0.15, 0.2) is 47.4 Å². The maximum Gasteiger partial charge on any atom is 0.695 e. The smallest absolute Gasteiger partial charge is 0.393 e. The summed E-state index contributed by atoms with van der Waals surface area (Å²) in [5.41, 5.74) is 7.13. The van der Waals surface area contributed by atoms with Gasteiger partial charge in [-0.05, 0) is 13.8 Å². The fraction of sp³-hybridized carbons (Fsp3) is 0.565. The summed E-state index contributed by atoms with van der Waals surface area (Å²) in [5, 5.41) is 9.94. The second kappa shape index (κ2) is 12.4. The highest BCUT2D eigenvalue weighted by atomic mass is 31.2. The molecule has 10 unspecified atom stereocenters. The first kappa shape index (κ1) is 34.3. The fourth-order valence-corrected chi connectivity index (χ4v) is 7.21. The van der Waals surface area contributed by atoms with Gasteiger partial charge in [-0.1, -0.05) is 0 Å². The number of nitrogens with two attached hydrogens (primary N) is 2. The minimum Gasteiger partial charge on any atom is -0.393 e. The number of hydrogen-bond donors (Lipinski definition) is 6. The molecule has 2 aliphatic rings. The molecule has 0 spiro atoms. The maximum atomic E-state index is 15.9. The number of hydrogen-bond acceptors (Lipinski definition) is 17. The van der Waals surface area contributed by atoms with Crippen molar-refractivity contribution in [2.24, 2.45) is 0 Å².